The summed E-state index contributed by atoms with van der Waals surface area (Å²) in [4.78, 5) is 16.8. The van der Waals surface area contributed by atoms with E-state index < -0.39 is 0 Å². The fraction of sp³-hybridized carbons (Fsp3) is 0.400. The second-order valence-electron chi connectivity index (χ2n) is 3.48. The van der Waals surface area contributed by atoms with Crippen molar-refractivity contribution in [3.8, 4) is 5.88 Å². The molecule has 1 fully saturated rings. The smallest absolute Gasteiger partial charge is 0.219 e. The maximum Gasteiger partial charge on any atom is 0.219 e. The summed E-state index contributed by atoms with van der Waals surface area (Å²) in [6.45, 7) is 2.91. The Hall–Kier alpha value is -0.850. The minimum atomic E-state index is 0.0986. The van der Waals surface area contributed by atoms with Crippen LogP contribution >= 0.6 is 22.6 Å². The van der Waals surface area contributed by atoms with E-state index >= 15 is 0 Å². The first-order chi connectivity index (χ1) is 7.15. The summed E-state index contributed by atoms with van der Waals surface area (Å²) in [5.41, 5.74) is 0. The van der Waals surface area contributed by atoms with E-state index in [2.05, 4.69) is 27.6 Å². The van der Waals surface area contributed by atoms with Crippen LogP contribution in [0.15, 0.2) is 18.3 Å². The van der Waals surface area contributed by atoms with Crippen LogP contribution in [0.5, 0.6) is 5.88 Å². The first kappa shape index (κ1) is 10.7. The zero-order chi connectivity index (χ0) is 10.8. The molecule has 1 aliphatic heterocycles. The standard InChI is InChI=1S/C10H11IN2O2/c1-7(14)13-5-9(6-13)15-10-3-2-8(11)4-12-10/h2-4,9H,5-6H2,1H3. The van der Waals surface area contributed by atoms with Crippen LogP contribution in [0.3, 0.4) is 0 Å². The Morgan fingerprint density at radius 3 is 2.87 bits per heavy atom. The fourth-order valence-electron chi connectivity index (χ4n) is 1.37. The number of nitrogens with zero attached hydrogens (tertiary/aromatic N) is 2. The zero-order valence-electron chi connectivity index (χ0n) is 8.31. The van der Waals surface area contributed by atoms with Crippen molar-refractivity contribution in [2.45, 2.75) is 13.0 Å². The number of amides is 1. The summed E-state index contributed by atoms with van der Waals surface area (Å²) in [7, 11) is 0. The highest BCUT2D eigenvalue weighted by atomic mass is 127. The summed E-state index contributed by atoms with van der Waals surface area (Å²) in [5, 5.41) is 0. The Morgan fingerprint density at radius 2 is 2.33 bits per heavy atom. The Balaban J connectivity index is 1.85. The molecule has 4 nitrogen and oxygen atoms in total. The predicted molar refractivity (Wildman–Crippen MR) is 63.6 cm³/mol. The summed E-state index contributed by atoms with van der Waals surface area (Å²) in [6, 6.07) is 3.79. The van der Waals surface area contributed by atoms with Crippen molar-refractivity contribution in [1.82, 2.24) is 9.88 Å². The number of carbonyl (C=O) groups excluding carboxylic acids is 1. The molecular weight excluding hydrogens is 307 g/mol. The van der Waals surface area contributed by atoms with Gasteiger partial charge in [-0.2, -0.15) is 0 Å². The molecule has 0 aromatic carbocycles. The molecule has 2 heterocycles. The fourth-order valence-corrected chi connectivity index (χ4v) is 1.69. The average Bonchev–Trinajstić information content (AvgIpc) is 2.13. The van der Waals surface area contributed by atoms with Gasteiger partial charge in [-0.15, -0.1) is 0 Å². The molecule has 1 aromatic heterocycles. The van der Waals surface area contributed by atoms with Crippen LogP contribution in [0.2, 0.25) is 0 Å². The highest BCUT2D eigenvalue weighted by molar-refractivity contribution is 14.1. The van der Waals surface area contributed by atoms with Gasteiger partial charge in [-0.25, -0.2) is 4.98 Å². The van der Waals surface area contributed by atoms with Crippen LogP contribution in [0.4, 0.5) is 0 Å². The van der Waals surface area contributed by atoms with Crippen molar-refractivity contribution < 1.29 is 9.53 Å². The van der Waals surface area contributed by atoms with Crippen molar-refractivity contribution in [2.24, 2.45) is 0 Å². The van der Waals surface area contributed by atoms with Crippen molar-refractivity contribution in [3.05, 3.63) is 21.9 Å². The Morgan fingerprint density at radius 1 is 1.60 bits per heavy atom. The quantitative estimate of drug-likeness (QED) is 0.772. The Kier molecular flexibility index (Phi) is 3.08. The maximum absolute atomic E-state index is 10.9. The SMILES string of the molecule is CC(=O)N1CC(Oc2ccc(I)cn2)C1. The van der Waals surface area contributed by atoms with Gasteiger partial charge < -0.3 is 9.64 Å². The van der Waals surface area contributed by atoms with E-state index in [4.69, 9.17) is 4.74 Å². The third-order valence-corrected chi connectivity index (χ3v) is 2.92. The van der Waals surface area contributed by atoms with Gasteiger partial charge in [-0.3, -0.25) is 4.79 Å². The van der Waals surface area contributed by atoms with Crippen LogP contribution in [0.1, 0.15) is 6.92 Å². The van der Waals surface area contributed by atoms with Gasteiger partial charge in [0.25, 0.3) is 0 Å². The van der Waals surface area contributed by atoms with Crippen LogP contribution in [0, 0.1) is 3.57 Å². The van der Waals surface area contributed by atoms with Crippen LogP contribution in [0.25, 0.3) is 0 Å². The molecule has 0 N–H and O–H groups in total. The second-order valence-corrected chi connectivity index (χ2v) is 4.72. The topological polar surface area (TPSA) is 42.4 Å². The van der Waals surface area contributed by atoms with Crippen molar-refractivity contribution in [3.63, 3.8) is 0 Å². The lowest BCUT2D eigenvalue weighted by molar-refractivity contribution is -0.137. The molecule has 0 unspecified atom stereocenters. The van der Waals surface area contributed by atoms with Crippen LogP contribution in [-0.4, -0.2) is 35.0 Å². The predicted octanol–water partition coefficient (Wildman–Crippen LogP) is 1.30. The van der Waals surface area contributed by atoms with Gasteiger partial charge in [0.2, 0.25) is 11.8 Å². The van der Waals surface area contributed by atoms with Crippen molar-refractivity contribution in [1.29, 1.82) is 0 Å². The van der Waals surface area contributed by atoms with Gasteiger partial charge in [-0.05, 0) is 28.7 Å². The summed E-state index contributed by atoms with van der Waals surface area (Å²) >= 11 is 2.19. The molecule has 1 amide bonds. The van der Waals surface area contributed by atoms with Gasteiger partial charge in [0.05, 0.1) is 13.1 Å². The molecule has 1 aromatic rings. The number of aromatic nitrogens is 1. The molecule has 0 saturated carbocycles. The lowest BCUT2D eigenvalue weighted by Gasteiger charge is -2.37. The van der Waals surface area contributed by atoms with Gasteiger partial charge in [0, 0.05) is 22.8 Å². The van der Waals surface area contributed by atoms with Crippen molar-refractivity contribution in [2.75, 3.05) is 13.1 Å². The molecule has 0 bridgehead atoms. The lowest BCUT2D eigenvalue weighted by Crippen LogP contribution is -2.55. The van der Waals surface area contributed by atoms with E-state index in [9.17, 15) is 4.79 Å². The number of ether oxygens (including phenoxy) is 1. The lowest BCUT2D eigenvalue weighted by atomic mass is 10.2. The first-order valence-electron chi connectivity index (χ1n) is 4.69. The van der Waals surface area contributed by atoms with Gasteiger partial charge in [-0.1, -0.05) is 0 Å². The monoisotopic (exact) mass is 318 g/mol. The van der Waals surface area contributed by atoms with Gasteiger partial charge >= 0.3 is 0 Å². The third kappa shape index (κ3) is 2.58. The highest BCUT2D eigenvalue weighted by Gasteiger charge is 2.30. The second kappa shape index (κ2) is 4.34. The minimum absolute atomic E-state index is 0.0986. The molecule has 0 radical (unpaired) electrons. The third-order valence-electron chi connectivity index (χ3n) is 2.28. The average molecular weight is 318 g/mol. The molecule has 2 rings (SSSR count). The summed E-state index contributed by atoms with van der Waals surface area (Å²) in [5.74, 6) is 0.731. The number of likely N-dealkylation sites (tertiary alicyclic amines) is 1. The summed E-state index contributed by atoms with van der Waals surface area (Å²) < 4.78 is 6.66. The molecule has 15 heavy (non-hydrogen) atoms. The molecule has 5 heteroatoms. The molecule has 0 atom stereocenters. The van der Waals surface area contributed by atoms with E-state index in [-0.39, 0.29) is 12.0 Å². The maximum atomic E-state index is 10.9. The highest BCUT2D eigenvalue weighted by Crippen LogP contribution is 2.16. The molecule has 1 aliphatic rings. The van der Waals surface area contributed by atoms with Crippen molar-refractivity contribution >= 4 is 28.5 Å². The molecule has 0 spiro atoms. The number of pyridine rings is 1. The summed E-state index contributed by atoms with van der Waals surface area (Å²) in [6.07, 6.45) is 1.86. The molecule has 80 valence electrons. The largest absolute Gasteiger partial charge is 0.471 e. The van der Waals surface area contributed by atoms with E-state index in [0.717, 1.165) is 3.57 Å². The van der Waals surface area contributed by atoms with E-state index in [1.54, 1.807) is 18.0 Å². The Bertz CT molecular complexity index is 360. The molecule has 0 aliphatic carbocycles. The first-order valence-corrected chi connectivity index (χ1v) is 5.77. The van der Waals surface area contributed by atoms with Crippen LogP contribution < -0.4 is 4.74 Å². The number of hydrogen-bond donors (Lipinski definition) is 0. The normalized spacial score (nSPS) is 16.0. The zero-order valence-corrected chi connectivity index (χ0v) is 10.5. The van der Waals surface area contributed by atoms with Gasteiger partial charge in [0.15, 0.2) is 0 Å². The molecular formula is C10H11IN2O2. The van der Waals surface area contributed by atoms with E-state index in [1.807, 2.05) is 12.1 Å². The van der Waals surface area contributed by atoms with E-state index in [0.29, 0.717) is 19.0 Å². The minimum Gasteiger partial charge on any atom is -0.471 e. The Labute approximate surface area is 102 Å². The van der Waals surface area contributed by atoms with Gasteiger partial charge in [0.1, 0.15) is 6.10 Å². The number of hydrogen-bond acceptors (Lipinski definition) is 3. The number of carbonyl (C=O) groups is 1. The number of halogens is 1. The van der Waals surface area contributed by atoms with Crippen LogP contribution in [-0.2, 0) is 4.79 Å². The molecule has 1 saturated heterocycles. The van der Waals surface area contributed by atoms with E-state index in [1.165, 1.54) is 0 Å². The number of rotatable bonds is 2.